The lowest BCUT2D eigenvalue weighted by molar-refractivity contribution is -0.121. The molecule has 1 fully saturated rings. The van der Waals surface area contributed by atoms with E-state index in [9.17, 15) is 13.2 Å². The van der Waals surface area contributed by atoms with E-state index in [0.717, 1.165) is 35.9 Å². The van der Waals surface area contributed by atoms with Crippen LogP contribution in [0.5, 0.6) is 0 Å². The van der Waals surface area contributed by atoms with Crippen LogP contribution in [0.25, 0.3) is 10.9 Å². The molecule has 0 atom stereocenters. The largest absolute Gasteiger partial charge is 0.465 e. The summed E-state index contributed by atoms with van der Waals surface area (Å²) in [6, 6.07) is 10.6. The van der Waals surface area contributed by atoms with Gasteiger partial charge in [0.25, 0.3) is 0 Å². The van der Waals surface area contributed by atoms with Crippen molar-refractivity contribution in [1.82, 2.24) is 14.2 Å². The van der Waals surface area contributed by atoms with Crippen molar-refractivity contribution in [1.29, 1.82) is 0 Å². The summed E-state index contributed by atoms with van der Waals surface area (Å²) in [5, 5.41) is 3.64. The summed E-state index contributed by atoms with van der Waals surface area (Å²) in [6.45, 7) is 3.51. The fourth-order valence-corrected chi connectivity index (χ4v) is 5.26. The summed E-state index contributed by atoms with van der Waals surface area (Å²) in [6.07, 6.45) is 4.70. The highest BCUT2D eigenvalue weighted by Crippen LogP contribution is 2.25. The molecule has 29 heavy (non-hydrogen) atoms. The first-order valence-corrected chi connectivity index (χ1v) is 11.3. The second-order valence-corrected chi connectivity index (χ2v) is 9.36. The number of benzene rings is 1. The summed E-state index contributed by atoms with van der Waals surface area (Å²) < 4.78 is 34.6. The molecule has 1 amide bonds. The smallest absolute Gasteiger partial charge is 0.243 e. The van der Waals surface area contributed by atoms with Crippen molar-refractivity contribution in [3.8, 4) is 0 Å². The Bertz CT molecular complexity index is 1120. The van der Waals surface area contributed by atoms with Gasteiger partial charge in [-0.2, -0.15) is 4.31 Å². The molecule has 0 spiro atoms. The van der Waals surface area contributed by atoms with Gasteiger partial charge in [-0.1, -0.05) is 6.42 Å². The van der Waals surface area contributed by atoms with Gasteiger partial charge in [-0.3, -0.25) is 4.79 Å². The van der Waals surface area contributed by atoms with Crippen LogP contribution in [-0.4, -0.2) is 36.3 Å². The minimum absolute atomic E-state index is 0.137. The molecule has 0 radical (unpaired) electrons. The molecule has 4 rings (SSSR count). The Morgan fingerprint density at radius 3 is 2.62 bits per heavy atom. The van der Waals surface area contributed by atoms with Gasteiger partial charge in [-0.25, -0.2) is 8.42 Å². The molecule has 1 saturated heterocycles. The van der Waals surface area contributed by atoms with Gasteiger partial charge in [0.05, 0.1) is 11.4 Å². The van der Waals surface area contributed by atoms with E-state index in [2.05, 4.69) is 5.32 Å². The van der Waals surface area contributed by atoms with Gasteiger partial charge in [0.2, 0.25) is 15.9 Å². The number of aromatic nitrogens is 1. The average Bonchev–Trinajstić information content (AvgIpc) is 3.32. The lowest BCUT2D eigenvalue weighted by Gasteiger charge is -2.25. The topological polar surface area (TPSA) is 84.5 Å². The van der Waals surface area contributed by atoms with Gasteiger partial charge in [0.1, 0.15) is 18.1 Å². The average molecular weight is 416 g/mol. The van der Waals surface area contributed by atoms with Crippen LogP contribution in [0, 0.1) is 6.92 Å². The molecule has 1 N–H and O–H groups in total. The number of furan rings is 1. The minimum Gasteiger partial charge on any atom is -0.465 e. The Labute approximate surface area is 170 Å². The van der Waals surface area contributed by atoms with E-state index < -0.39 is 10.0 Å². The molecule has 2 aromatic heterocycles. The van der Waals surface area contributed by atoms with Crippen molar-refractivity contribution >= 4 is 26.8 Å². The quantitative estimate of drug-likeness (QED) is 0.671. The molecule has 3 aromatic rings. The van der Waals surface area contributed by atoms with Crippen molar-refractivity contribution in [2.24, 2.45) is 0 Å². The number of nitrogens with zero attached hydrogens (tertiary/aromatic N) is 2. The molecule has 0 unspecified atom stereocenters. The molecule has 8 heteroatoms. The van der Waals surface area contributed by atoms with E-state index in [1.807, 2.05) is 29.7 Å². The second kappa shape index (κ2) is 8.04. The van der Waals surface area contributed by atoms with Crippen molar-refractivity contribution in [2.45, 2.75) is 44.2 Å². The van der Waals surface area contributed by atoms with E-state index in [1.165, 1.54) is 0 Å². The molecule has 1 aliphatic rings. The van der Waals surface area contributed by atoms with E-state index in [0.29, 0.717) is 30.3 Å². The fraction of sp³-hybridized carbons (Fsp3) is 0.381. The van der Waals surface area contributed by atoms with Gasteiger partial charge < -0.3 is 14.3 Å². The zero-order chi connectivity index (χ0) is 20.4. The van der Waals surface area contributed by atoms with Crippen molar-refractivity contribution < 1.29 is 17.6 Å². The highest BCUT2D eigenvalue weighted by atomic mass is 32.2. The number of carbonyl (C=O) groups is 1. The first-order valence-electron chi connectivity index (χ1n) is 9.84. The zero-order valence-electron chi connectivity index (χ0n) is 16.4. The maximum absolute atomic E-state index is 12.9. The van der Waals surface area contributed by atoms with E-state index >= 15 is 0 Å². The monoisotopic (exact) mass is 415 g/mol. The van der Waals surface area contributed by atoms with Crippen LogP contribution >= 0.6 is 0 Å². The van der Waals surface area contributed by atoms with Crippen LogP contribution in [0.15, 0.2) is 51.9 Å². The molecule has 154 valence electrons. The number of nitrogens with one attached hydrogen (secondary N) is 1. The number of amides is 1. The Kier molecular flexibility index (Phi) is 5.47. The standard InChI is InChI=1S/C21H25N3O4S/c1-16-5-6-18(28-16)14-22-21(25)15-23-12-9-17-13-19(7-8-20(17)23)29(26,27)24-10-3-2-4-11-24/h5-9,12-13H,2-4,10-11,14-15H2,1H3,(H,22,25). The summed E-state index contributed by atoms with van der Waals surface area (Å²) >= 11 is 0. The van der Waals surface area contributed by atoms with Gasteiger partial charge in [0, 0.05) is 30.2 Å². The van der Waals surface area contributed by atoms with Gasteiger partial charge in [0.15, 0.2) is 0 Å². The molecular formula is C21H25N3O4S. The Balaban J connectivity index is 1.47. The van der Waals surface area contributed by atoms with Crippen LogP contribution < -0.4 is 5.32 Å². The zero-order valence-corrected chi connectivity index (χ0v) is 17.2. The number of aryl methyl sites for hydroxylation is 1. The summed E-state index contributed by atoms with van der Waals surface area (Å²) in [4.78, 5) is 12.6. The molecule has 0 aliphatic carbocycles. The number of hydrogen-bond donors (Lipinski definition) is 1. The normalized spacial score (nSPS) is 15.6. The highest BCUT2D eigenvalue weighted by molar-refractivity contribution is 7.89. The molecule has 0 saturated carbocycles. The molecule has 1 aromatic carbocycles. The van der Waals surface area contributed by atoms with Crippen LogP contribution in [0.2, 0.25) is 0 Å². The van der Waals surface area contributed by atoms with Gasteiger partial charge >= 0.3 is 0 Å². The van der Waals surface area contributed by atoms with E-state index in [1.54, 1.807) is 28.7 Å². The summed E-state index contributed by atoms with van der Waals surface area (Å²) in [5.41, 5.74) is 0.826. The fourth-order valence-electron chi connectivity index (χ4n) is 3.71. The van der Waals surface area contributed by atoms with Crippen LogP contribution in [0.4, 0.5) is 0 Å². The Morgan fingerprint density at radius 2 is 1.90 bits per heavy atom. The van der Waals surface area contributed by atoms with Gasteiger partial charge in [-0.05, 0) is 56.2 Å². The maximum Gasteiger partial charge on any atom is 0.243 e. The van der Waals surface area contributed by atoms with Crippen LogP contribution in [0.1, 0.15) is 30.8 Å². The lowest BCUT2D eigenvalue weighted by atomic mass is 10.2. The molecule has 0 bridgehead atoms. The minimum atomic E-state index is -3.47. The number of fused-ring (bicyclic) bond motifs is 1. The predicted octanol–water partition coefficient (Wildman–Crippen LogP) is 3.03. The SMILES string of the molecule is Cc1ccc(CNC(=O)Cn2ccc3cc(S(=O)(=O)N4CCCCC4)ccc32)o1. The third-order valence-corrected chi connectivity index (χ3v) is 7.16. The predicted molar refractivity (Wildman–Crippen MR) is 110 cm³/mol. The number of sulfonamides is 1. The Morgan fingerprint density at radius 1 is 1.10 bits per heavy atom. The van der Waals surface area contributed by atoms with E-state index in [-0.39, 0.29) is 12.5 Å². The number of carbonyl (C=O) groups excluding carboxylic acids is 1. The molecular weight excluding hydrogens is 390 g/mol. The first-order chi connectivity index (χ1) is 13.9. The van der Waals surface area contributed by atoms with Crippen LogP contribution in [-0.2, 0) is 27.9 Å². The van der Waals surface area contributed by atoms with Crippen molar-refractivity contribution in [3.63, 3.8) is 0 Å². The van der Waals surface area contributed by atoms with Crippen LogP contribution in [0.3, 0.4) is 0 Å². The van der Waals surface area contributed by atoms with Crippen molar-refractivity contribution in [3.05, 3.63) is 54.1 Å². The van der Waals surface area contributed by atoms with E-state index in [4.69, 9.17) is 4.42 Å². The number of hydrogen-bond acceptors (Lipinski definition) is 4. The Hall–Kier alpha value is -2.58. The number of piperidine rings is 1. The van der Waals surface area contributed by atoms with Gasteiger partial charge in [-0.15, -0.1) is 0 Å². The third kappa shape index (κ3) is 4.23. The third-order valence-electron chi connectivity index (χ3n) is 5.27. The maximum atomic E-state index is 12.9. The molecule has 3 heterocycles. The van der Waals surface area contributed by atoms with Crippen molar-refractivity contribution in [2.75, 3.05) is 13.1 Å². The first kappa shape index (κ1) is 19.7. The summed E-state index contributed by atoms with van der Waals surface area (Å²) in [5.74, 6) is 1.38. The molecule has 1 aliphatic heterocycles. The lowest BCUT2D eigenvalue weighted by Crippen LogP contribution is -2.35. The molecule has 7 nitrogen and oxygen atoms in total. The second-order valence-electron chi connectivity index (χ2n) is 7.42. The summed E-state index contributed by atoms with van der Waals surface area (Å²) in [7, 11) is -3.47. The highest BCUT2D eigenvalue weighted by Gasteiger charge is 2.26. The number of rotatable bonds is 6.